The van der Waals surface area contributed by atoms with Gasteiger partial charge in [-0.1, -0.05) is 25.1 Å². The zero-order valence-electron chi connectivity index (χ0n) is 12.2. The van der Waals surface area contributed by atoms with Gasteiger partial charge in [0.1, 0.15) is 0 Å². The molecule has 1 aromatic carbocycles. The number of amides is 1. The van der Waals surface area contributed by atoms with Crippen LogP contribution in [0, 0.1) is 12.3 Å². The molecule has 0 aliphatic heterocycles. The summed E-state index contributed by atoms with van der Waals surface area (Å²) >= 11 is 0. The third-order valence-corrected chi connectivity index (χ3v) is 3.65. The molecule has 4 heteroatoms. The fourth-order valence-electron chi connectivity index (χ4n) is 2.38. The second-order valence-electron chi connectivity index (χ2n) is 5.19. The molecule has 4 nitrogen and oxygen atoms in total. The second-order valence-corrected chi connectivity index (χ2v) is 5.19. The summed E-state index contributed by atoms with van der Waals surface area (Å²) in [6.07, 6.45) is 9.04. The average molecular weight is 283 g/mol. The Morgan fingerprint density at radius 2 is 2.24 bits per heavy atom. The van der Waals surface area contributed by atoms with Crippen LogP contribution < -0.4 is 11.1 Å². The van der Waals surface area contributed by atoms with Crippen molar-refractivity contribution < 1.29 is 4.79 Å². The number of carbonyl (C=O) groups is 1. The fraction of sp³-hybridized carbons (Fsp3) is 0.353. The largest absolute Gasteiger partial charge is 0.361 e. The lowest BCUT2D eigenvalue weighted by atomic mass is 10.0. The number of H-pyrrole nitrogens is 1. The van der Waals surface area contributed by atoms with Gasteiger partial charge in [-0.05, 0) is 24.5 Å². The number of rotatable bonds is 6. The molecule has 0 spiro atoms. The Kier molecular flexibility index (Phi) is 5.02. The number of fused-ring (bicyclic) bond motifs is 1. The minimum absolute atomic E-state index is 0.00322. The Labute approximate surface area is 125 Å². The van der Waals surface area contributed by atoms with Crippen molar-refractivity contribution in [1.82, 2.24) is 10.3 Å². The summed E-state index contributed by atoms with van der Waals surface area (Å²) in [6.45, 7) is 1.99. The molecule has 0 bridgehead atoms. The first-order chi connectivity index (χ1) is 10.2. The average Bonchev–Trinajstić information content (AvgIpc) is 2.90. The fourth-order valence-corrected chi connectivity index (χ4v) is 2.38. The van der Waals surface area contributed by atoms with Crippen LogP contribution in [0.4, 0.5) is 0 Å². The van der Waals surface area contributed by atoms with E-state index in [1.807, 2.05) is 37.4 Å². The summed E-state index contributed by atoms with van der Waals surface area (Å²) in [7, 11) is 0. The number of benzene rings is 1. The molecule has 0 fully saturated rings. The summed E-state index contributed by atoms with van der Waals surface area (Å²) in [5, 5.41) is 4.02. The molecule has 1 heterocycles. The summed E-state index contributed by atoms with van der Waals surface area (Å²) in [5.41, 5.74) is 8.13. The van der Waals surface area contributed by atoms with Crippen molar-refractivity contribution in [3.63, 3.8) is 0 Å². The molecular weight excluding hydrogens is 262 g/mol. The predicted octanol–water partition coefficient (Wildman–Crippen LogP) is 1.96. The van der Waals surface area contributed by atoms with Crippen LogP contribution in [0.25, 0.3) is 10.9 Å². The Bertz CT molecular complexity index is 653. The van der Waals surface area contributed by atoms with Gasteiger partial charge in [-0.15, -0.1) is 12.3 Å². The maximum absolute atomic E-state index is 12.1. The van der Waals surface area contributed by atoms with Gasteiger partial charge in [0.15, 0.2) is 0 Å². The molecule has 0 saturated heterocycles. The van der Waals surface area contributed by atoms with Gasteiger partial charge in [-0.3, -0.25) is 4.79 Å². The van der Waals surface area contributed by atoms with Crippen molar-refractivity contribution in [2.75, 3.05) is 0 Å². The van der Waals surface area contributed by atoms with E-state index in [4.69, 9.17) is 12.2 Å². The van der Waals surface area contributed by atoms with Gasteiger partial charge in [-0.2, -0.15) is 0 Å². The van der Waals surface area contributed by atoms with Crippen LogP contribution in [-0.4, -0.2) is 23.0 Å². The quantitative estimate of drug-likeness (QED) is 0.709. The third-order valence-electron chi connectivity index (χ3n) is 3.65. The maximum atomic E-state index is 12.1. The van der Waals surface area contributed by atoms with Crippen molar-refractivity contribution in [2.45, 2.75) is 38.3 Å². The number of aromatic amines is 1. The van der Waals surface area contributed by atoms with Crippen LogP contribution in [0.15, 0.2) is 30.5 Å². The Morgan fingerprint density at radius 1 is 1.48 bits per heavy atom. The predicted molar refractivity (Wildman–Crippen MR) is 85.6 cm³/mol. The van der Waals surface area contributed by atoms with E-state index in [0.717, 1.165) is 22.9 Å². The van der Waals surface area contributed by atoms with Crippen LogP contribution in [0.5, 0.6) is 0 Å². The van der Waals surface area contributed by atoms with Crippen LogP contribution in [0.1, 0.15) is 25.3 Å². The molecule has 0 aliphatic carbocycles. The van der Waals surface area contributed by atoms with E-state index < -0.39 is 6.04 Å². The number of nitrogens with two attached hydrogens (primary N) is 1. The zero-order valence-corrected chi connectivity index (χ0v) is 12.2. The Balaban J connectivity index is 2.02. The van der Waals surface area contributed by atoms with E-state index in [1.54, 1.807) is 0 Å². The van der Waals surface area contributed by atoms with Gasteiger partial charge >= 0.3 is 0 Å². The van der Waals surface area contributed by atoms with Crippen molar-refractivity contribution in [3.8, 4) is 12.3 Å². The van der Waals surface area contributed by atoms with Crippen LogP contribution >= 0.6 is 0 Å². The summed E-state index contributed by atoms with van der Waals surface area (Å²) in [6, 6.07) is 7.41. The highest BCUT2D eigenvalue weighted by molar-refractivity contribution is 5.86. The van der Waals surface area contributed by atoms with E-state index >= 15 is 0 Å². The van der Waals surface area contributed by atoms with Crippen LogP contribution in [0.2, 0.25) is 0 Å². The van der Waals surface area contributed by atoms with E-state index in [0.29, 0.717) is 12.8 Å². The monoisotopic (exact) mass is 283 g/mol. The molecule has 110 valence electrons. The third kappa shape index (κ3) is 3.65. The van der Waals surface area contributed by atoms with Gasteiger partial charge in [0.05, 0.1) is 6.04 Å². The van der Waals surface area contributed by atoms with Gasteiger partial charge in [0.25, 0.3) is 0 Å². The molecule has 0 radical (unpaired) electrons. The first kappa shape index (κ1) is 15.1. The molecule has 1 amide bonds. The number of hydrogen-bond acceptors (Lipinski definition) is 2. The van der Waals surface area contributed by atoms with Crippen LogP contribution in [-0.2, 0) is 11.2 Å². The van der Waals surface area contributed by atoms with Crippen molar-refractivity contribution >= 4 is 16.8 Å². The number of terminal acetylenes is 1. The normalized spacial score (nSPS) is 13.6. The summed E-state index contributed by atoms with van der Waals surface area (Å²) in [5.74, 6) is 2.42. The lowest BCUT2D eigenvalue weighted by Crippen LogP contribution is -2.46. The summed E-state index contributed by atoms with van der Waals surface area (Å²) < 4.78 is 0. The molecule has 4 N–H and O–H groups in total. The van der Waals surface area contributed by atoms with Gasteiger partial charge in [-0.25, -0.2) is 0 Å². The number of nitrogens with one attached hydrogen (secondary N) is 2. The molecule has 21 heavy (non-hydrogen) atoms. The number of carbonyl (C=O) groups excluding carboxylic acids is 1. The molecule has 2 atom stereocenters. The van der Waals surface area contributed by atoms with E-state index in [9.17, 15) is 4.79 Å². The standard InChI is InChI=1S/C17H21N3O/c1-3-7-13(4-2)20-17(21)15(18)10-12-11-19-16-9-6-5-8-14(12)16/h1,5-6,8-9,11,13,15,19H,4,7,10,18H2,2H3,(H,20,21)/t13?,15-/m1/s1. The molecule has 2 rings (SSSR count). The lowest BCUT2D eigenvalue weighted by molar-refractivity contribution is -0.123. The highest BCUT2D eigenvalue weighted by atomic mass is 16.2. The van der Waals surface area contributed by atoms with Crippen molar-refractivity contribution in [2.24, 2.45) is 5.73 Å². The van der Waals surface area contributed by atoms with Gasteiger partial charge in [0.2, 0.25) is 5.91 Å². The molecule has 1 unspecified atom stereocenters. The Hall–Kier alpha value is -2.25. The molecule has 1 aromatic heterocycles. The smallest absolute Gasteiger partial charge is 0.237 e. The second kappa shape index (κ2) is 6.96. The van der Waals surface area contributed by atoms with Crippen molar-refractivity contribution in [3.05, 3.63) is 36.0 Å². The minimum Gasteiger partial charge on any atom is -0.361 e. The minimum atomic E-state index is -0.573. The lowest BCUT2D eigenvalue weighted by Gasteiger charge is -2.17. The zero-order chi connectivity index (χ0) is 15.2. The Morgan fingerprint density at radius 3 is 2.95 bits per heavy atom. The molecule has 0 aliphatic rings. The number of para-hydroxylation sites is 1. The number of aromatic nitrogens is 1. The molecule has 2 aromatic rings. The SMILES string of the molecule is C#CCC(CC)NC(=O)[C@H](N)Cc1c[nH]c2ccccc12. The number of hydrogen-bond donors (Lipinski definition) is 3. The molecular formula is C17H21N3O. The van der Waals surface area contributed by atoms with Crippen molar-refractivity contribution in [1.29, 1.82) is 0 Å². The maximum Gasteiger partial charge on any atom is 0.237 e. The van der Waals surface area contributed by atoms with E-state index in [2.05, 4.69) is 16.2 Å². The van der Waals surface area contributed by atoms with Gasteiger partial charge < -0.3 is 16.0 Å². The first-order valence-electron chi connectivity index (χ1n) is 7.20. The van der Waals surface area contributed by atoms with Gasteiger partial charge in [0, 0.05) is 29.6 Å². The van der Waals surface area contributed by atoms with Crippen LogP contribution in [0.3, 0.4) is 0 Å². The van der Waals surface area contributed by atoms with E-state index in [1.165, 1.54) is 0 Å². The molecule has 0 saturated carbocycles. The summed E-state index contributed by atoms with van der Waals surface area (Å²) in [4.78, 5) is 15.3. The highest BCUT2D eigenvalue weighted by Crippen LogP contribution is 2.18. The highest BCUT2D eigenvalue weighted by Gasteiger charge is 2.18. The van der Waals surface area contributed by atoms with E-state index in [-0.39, 0.29) is 11.9 Å². The topological polar surface area (TPSA) is 70.9 Å². The first-order valence-corrected chi connectivity index (χ1v) is 7.20.